The van der Waals surface area contributed by atoms with Crippen LogP contribution < -0.4 is 0 Å². The van der Waals surface area contributed by atoms with Crippen LogP contribution in [-0.4, -0.2) is 23.3 Å². The summed E-state index contributed by atoms with van der Waals surface area (Å²) in [7, 11) is 0. The number of hydrogen-bond donors (Lipinski definition) is 1. The average molecular weight is 399 g/mol. The molecule has 1 atom stereocenters. The first-order chi connectivity index (χ1) is 13.6. The summed E-state index contributed by atoms with van der Waals surface area (Å²) in [5.41, 5.74) is 0. The van der Waals surface area contributed by atoms with Crippen molar-refractivity contribution in [3.05, 3.63) is 0 Å². The lowest BCUT2D eigenvalue weighted by atomic mass is 10.0. The molecule has 0 radical (unpaired) electrons. The summed E-state index contributed by atoms with van der Waals surface area (Å²) in [4.78, 5) is 12.2. The Morgan fingerprint density at radius 2 is 1.11 bits per heavy atom. The number of aliphatic hydroxyl groups excluding tert-OH is 1. The second-order valence-corrected chi connectivity index (χ2v) is 8.67. The smallest absolute Gasteiger partial charge is 0.306 e. The van der Waals surface area contributed by atoms with Gasteiger partial charge in [-0.3, -0.25) is 4.79 Å². The van der Waals surface area contributed by atoms with Crippen molar-refractivity contribution in [1.29, 1.82) is 0 Å². The molecule has 0 aliphatic heterocycles. The molecule has 0 heterocycles. The number of ether oxygens (including phenoxy) is 1. The third-order valence-electron chi connectivity index (χ3n) is 5.56. The molecule has 0 aromatic carbocycles. The van der Waals surface area contributed by atoms with Crippen molar-refractivity contribution in [3.63, 3.8) is 0 Å². The van der Waals surface area contributed by atoms with Crippen LogP contribution in [0.3, 0.4) is 0 Å². The lowest BCUT2D eigenvalue weighted by Crippen LogP contribution is -2.18. The number of esters is 1. The third-order valence-corrected chi connectivity index (χ3v) is 5.56. The first-order valence-electron chi connectivity index (χ1n) is 12.5. The molecule has 1 unspecified atom stereocenters. The molecule has 0 spiro atoms. The van der Waals surface area contributed by atoms with Crippen molar-refractivity contribution in [2.45, 2.75) is 155 Å². The molecule has 0 saturated heterocycles. The van der Waals surface area contributed by atoms with E-state index in [0.29, 0.717) is 6.42 Å². The number of aliphatic hydroxyl groups is 1. The van der Waals surface area contributed by atoms with Crippen LogP contribution in [0.5, 0.6) is 0 Å². The summed E-state index contributed by atoms with van der Waals surface area (Å²) in [6.45, 7) is 6.32. The van der Waals surface area contributed by atoms with Crippen LogP contribution in [0.1, 0.15) is 143 Å². The van der Waals surface area contributed by atoms with Crippen LogP contribution in [0.2, 0.25) is 0 Å². The highest BCUT2D eigenvalue weighted by atomic mass is 16.5. The summed E-state index contributed by atoms with van der Waals surface area (Å²) >= 11 is 0. The molecule has 1 N–H and O–H groups in total. The van der Waals surface area contributed by atoms with E-state index in [2.05, 4.69) is 13.8 Å². The van der Waals surface area contributed by atoms with E-state index in [0.717, 1.165) is 38.5 Å². The summed E-state index contributed by atoms with van der Waals surface area (Å²) < 4.78 is 5.85. The highest BCUT2D eigenvalue weighted by Crippen LogP contribution is 2.18. The Kier molecular flexibility index (Phi) is 20.7. The van der Waals surface area contributed by atoms with Gasteiger partial charge in [0.1, 0.15) is 6.10 Å². The molecule has 3 heteroatoms. The monoisotopic (exact) mass is 398 g/mol. The van der Waals surface area contributed by atoms with E-state index in [-0.39, 0.29) is 18.2 Å². The van der Waals surface area contributed by atoms with Crippen LogP contribution in [0.15, 0.2) is 0 Å². The van der Waals surface area contributed by atoms with Gasteiger partial charge in [-0.2, -0.15) is 0 Å². The summed E-state index contributed by atoms with van der Waals surface area (Å²) in [6.07, 6.45) is 21.7. The van der Waals surface area contributed by atoms with Gasteiger partial charge in [0.15, 0.2) is 0 Å². The molecule has 0 bridgehead atoms. The number of carbonyl (C=O) groups excluding carboxylic acids is 1. The second-order valence-electron chi connectivity index (χ2n) is 8.67. The van der Waals surface area contributed by atoms with Crippen molar-refractivity contribution >= 4 is 5.97 Å². The van der Waals surface area contributed by atoms with Gasteiger partial charge >= 0.3 is 5.97 Å². The Bertz CT molecular complexity index is 312. The zero-order valence-electron chi connectivity index (χ0n) is 19.4. The van der Waals surface area contributed by atoms with Gasteiger partial charge in [-0.15, -0.1) is 0 Å². The molecule has 3 nitrogen and oxygen atoms in total. The van der Waals surface area contributed by atoms with Crippen LogP contribution in [0, 0.1) is 0 Å². The molecule has 0 saturated carbocycles. The van der Waals surface area contributed by atoms with E-state index in [4.69, 9.17) is 4.74 Å². The molecule has 0 aliphatic carbocycles. The maximum atomic E-state index is 12.2. The van der Waals surface area contributed by atoms with Gasteiger partial charge in [0.2, 0.25) is 0 Å². The highest BCUT2D eigenvalue weighted by Gasteiger charge is 2.14. The van der Waals surface area contributed by atoms with Crippen molar-refractivity contribution in [2.75, 3.05) is 0 Å². The minimum atomic E-state index is -0.231. The Balaban J connectivity index is 4.02. The lowest BCUT2D eigenvalue weighted by Gasteiger charge is -2.18. The van der Waals surface area contributed by atoms with E-state index < -0.39 is 0 Å². The van der Waals surface area contributed by atoms with E-state index in [1.807, 2.05) is 6.92 Å². The topological polar surface area (TPSA) is 46.5 Å². The minimum absolute atomic E-state index is 0.0148. The Morgan fingerprint density at radius 1 is 0.679 bits per heavy atom. The van der Waals surface area contributed by atoms with Crippen LogP contribution in [0.25, 0.3) is 0 Å². The van der Waals surface area contributed by atoms with Crippen LogP contribution in [-0.2, 0) is 9.53 Å². The summed E-state index contributed by atoms with van der Waals surface area (Å²) in [5.74, 6) is -0.0148. The van der Waals surface area contributed by atoms with Crippen LogP contribution in [0.4, 0.5) is 0 Å². The number of unbranched alkanes of at least 4 members (excludes halogenated alkanes) is 12. The van der Waals surface area contributed by atoms with Gasteiger partial charge in [0, 0.05) is 6.42 Å². The molecule has 28 heavy (non-hydrogen) atoms. The van der Waals surface area contributed by atoms with Gasteiger partial charge in [0.25, 0.3) is 0 Å². The molecule has 0 fully saturated rings. The number of hydrogen-bond acceptors (Lipinski definition) is 3. The highest BCUT2D eigenvalue weighted by molar-refractivity contribution is 5.69. The maximum absolute atomic E-state index is 12.2. The third kappa shape index (κ3) is 20.2. The van der Waals surface area contributed by atoms with E-state index >= 15 is 0 Å². The standard InChI is InChI=1S/C25H50O3/c1-4-6-8-10-12-16-20-24(21-17-13-11-9-7-5-2)28-25(27)22-18-14-15-19-23(3)26/h23-24,26H,4-22H2,1-3H3. The predicted molar refractivity (Wildman–Crippen MR) is 121 cm³/mol. The van der Waals surface area contributed by atoms with Crippen molar-refractivity contribution in [2.24, 2.45) is 0 Å². The van der Waals surface area contributed by atoms with Gasteiger partial charge in [-0.1, -0.05) is 90.9 Å². The number of carbonyl (C=O) groups is 1. The van der Waals surface area contributed by atoms with Gasteiger partial charge < -0.3 is 9.84 Å². The SMILES string of the molecule is CCCCCCCCC(CCCCCCCC)OC(=O)CCCCCC(C)O. The quantitative estimate of drug-likeness (QED) is 0.159. The average Bonchev–Trinajstić information content (AvgIpc) is 2.66. The Morgan fingerprint density at radius 3 is 1.61 bits per heavy atom. The number of rotatable bonds is 21. The van der Waals surface area contributed by atoms with E-state index in [1.54, 1.807) is 0 Å². The largest absolute Gasteiger partial charge is 0.462 e. The molecular formula is C25H50O3. The molecule has 0 aromatic rings. The fourth-order valence-electron chi connectivity index (χ4n) is 3.70. The van der Waals surface area contributed by atoms with E-state index in [9.17, 15) is 9.90 Å². The Hall–Kier alpha value is -0.570. The van der Waals surface area contributed by atoms with Crippen LogP contribution >= 0.6 is 0 Å². The fraction of sp³-hybridized carbons (Fsp3) is 0.960. The maximum Gasteiger partial charge on any atom is 0.306 e. The second kappa shape index (κ2) is 21.1. The van der Waals surface area contributed by atoms with Gasteiger partial charge in [-0.25, -0.2) is 0 Å². The minimum Gasteiger partial charge on any atom is -0.462 e. The fourth-order valence-corrected chi connectivity index (χ4v) is 3.70. The predicted octanol–water partition coefficient (Wildman–Crippen LogP) is 7.73. The van der Waals surface area contributed by atoms with Crippen molar-refractivity contribution < 1.29 is 14.6 Å². The first-order valence-corrected chi connectivity index (χ1v) is 12.5. The van der Waals surface area contributed by atoms with E-state index in [1.165, 1.54) is 77.0 Å². The van der Waals surface area contributed by atoms with Crippen molar-refractivity contribution in [3.8, 4) is 0 Å². The first kappa shape index (κ1) is 27.4. The normalized spacial score (nSPS) is 12.5. The molecule has 168 valence electrons. The zero-order chi connectivity index (χ0) is 20.9. The molecule has 0 aromatic heterocycles. The summed E-state index contributed by atoms with van der Waals surface area (Å²) in [6, 6.07) is 0. The molecular weight excluding hydrogens is 348 g/mol. The summed E-state index contributed by atoms with van der Waals surface area (Å²) in [5, 5.41) is 9.29. The van der Waals surface area contributed by atoms with Gasteiger partial charge in [0.05, 0.1) is 6.10 Å². The molecule has 0 aliphatic rings. The van der Waals surface area contributed by atoms with Crippen molar-refractivity contribution in [1.82, 2.24) is 0 Å². The van der Waals surface area contributed by atoms with Gasteiger partial charge in [-0.05, 0) is 45.4 Å². The Labute approximate surface area is 176 Å². The zero-order valence-corrected chi connectivity index (χ0v) is 19.4. The molecule has 0 rings (SSSR count). The lowest BCUT2D eigenvalue weighted by molar-refractivity contribution is -0.150. The molecule has 0 amide bonds.